The molecule has 5 aromatic rings. The van der Waals surface area contributed by atoms with Crippen LogP contribution < -0.4 is 0 Å². The van der Waals surface area contributed by atoms with Gasteiger partial charge >= 0.3 is 0 Å². The Hall–Kier alpha value is -3.20. The Kier molecular flexibility index (Phi) is 5.66. The van der Waals surface area contributed by atoms with Crippen LogP contribution in [0.2, 0.25) is 5.02 Å². The van der Waals surface area contributed by atoms with Crippen LogP contribution in [0.3, 0.4) is 0 Å². The van der Waals surface area contributed by atoms with Crippen molar-refractivity contribution >= 4 is 46.0 Å². The van der Waals surface area contributed by atoms with Gasteiger partial charge in [0.25, 0.3) is 0 Å². The number of fused-ring (bicyclic) bond motifs is 1. The van der Waals surface area contributed by atoms with Gasteiger partial charge in [0, 0.05) is 22.5 Å². The number of rotatable bonds is 5. The van der Waals surface area contributed by atoms with Crippen LogP contribution in [0.1, 0.15) is 33.7 Å². The quantitative estimate of drug-likeness (QED) is 0.269. The van der Waals surface area contributed by atoms with E-state index >= 15 is 0 Å². The zero-order chi connectivity index (χ0) is 21.0. The van der Waals surface area contributed by atoms with Crippen LogP contribution in [-0.4, -0.2) is 4.98 Å². The van der Waals surface area contributed by atoms with Crippen molar-refractivity contribution in [2.45, 2.75) is 5.92 Å². The number of benzene rings is 3. The molecular weight excluding hydrogens is 418 g/mol. The second-order valence-electron chi connectivity index (χ2n) is 7.46. The average molecular weight is 438 g/mol. The molecule has 3 heteroatoms. The third-order valence-electron chi connectivity index (χ3n) is 5.47. The number of thiophene rings is 1. The SMILES string of the molecule is Clc1ccc(C(c2ccsc2)c2ccc3nccc(/C=C/c4ccccc4)c3c2)cc1. The fourth-order valence-electron chi connectivity index (χ4n) is 3.93. The molecule has 5 rings (SSSR count). The first kappa shape index (κ1) is 19.7. The summed E-state index contributed by atoms with van der Waals surface area (Å²) < 4.78 is 0. The van der Waals surface area contributed by atoms with Crippen molar-refractivity contribution in [2.24, 2.45) is 0 Å². The molecule has 0 fully saturated rings. The van der Waals surface area contributed by atoms with Crippen LogP contribution in [-0.2, 0) is 0 Å². The summed E-state index contributed by atoms with van der Waals surface area (Å²) in [7, 11) is 0. The molecule has 0 saturated carbocycles. The third-order valence-corrected chi connectivity index (χ3v) is 6.42. The second-order valence-corrected chi connectivity index (χ2v) is 8.68. The summed E-state index contributed by atoms with van der Waals surface area (Å²) in [5.41, 5.74) is 7.11. The fourth-order valence-corrected chi connectivity index (χ4v) is 4.74. The zero-order valence-corrected chi connectivity index (χ0v) is 18.4. The molecule has 1 atom stereocenters. The highest BCUT2D eigenvalue weighted by molar-refractivity contribution is 7.08. The van der Waals surface area contributed by atoms with Gasteiger partial charge in [0.05, 0.1) is 5.52 Å². The Labute approximate surface area is 191 Å². The molecule has 0 radical (unpaired) electrons. The Morgan fingerprint density at radius 2 is 1.58 bits per heavy atom. The van der Waals surface area contributed by atoms with Gasteiger partial charge in [-0.2, -0.15) is 11.3 Å². The highest BCUT2D eigenvalue weighted by atomic mass is 35.5. The van der Waals surface area contributed by atoms with Crippen LogP contribution in [0.15, 0.2) is 102 Å². The lowest BCUT2D eigenvalue weighted by molar-refractivity contribution is 0.987. The van der Waals surface area contributed by atoms with E-state index in [2.05, 4.69) is 94.6 Å². The number of halogens is 1. The molecule has 1 nitrogen and oxygen atoms in total. The summed E-state index contributed by atoms with van der Waals surface area (Å²) >= 11 is 7.88. The van der Waals surface area contributed by atoms with Crippen molar-refractivity contribution in [3.05, 3.63) is 135 Å². The molecule has 0 amide bonds. The van der Waals surface area contributed by atoms with Crippen LogP contribution in [0.4, 0.5) is 0 Å². The Morgan fingerprint density at radius 3 is 2.35 bits per heavy atom. The van der Waals surface area contributed by atoms with Crippen LogP contribution >= 0.6 is 22.9 Å². The minimum Gasteiger partial charge on any atom is -0.256 e. The Balaban J connectivity index is 1.62. The highest BCUT2D eigenvalue weighted by Gasteiger charge is 2.18. The van der Waals surface area contributed by atoms with Gasteiger partial charge in [0.15, 0.2) is 0 Å². The minimum atomic E-state index is 0.152. The van der Waals surface area contributed by atoms with Gasteiger partial charge in [-0.05, 0) is 75.0 Å². The standard InChI is InChI=1S/C28H20ClNS/c29-25-11-8-22(9-12-25)28(24-15-17-31-19-24)23-10-13-27-26(18-23)21(14-16-30-27)7-6-20-4-2-1-3-5-20/h1-19,28H/b7-6+. The van der Waals surface area contributed by atoms with Crippen LogP contribution in [0.5, 0.6) is 0 Å². The Morgan fingerprint density at radius 1 is 0.774 bits per heavy atom. The fraction of sp³-hybridized carbons (Fsp3) is 0.0357. The summed E-state index contributed by atoms with van der Waals surface area (Å²) in [5.74, 6) is 0.152. The van der Waals surface area contributed by atoms with Crippen LogP contribution in [0.25, 0.3) is 23.1 Å². The molecule has 0 aliphatic carbocycles. The van der Waals surface area contributed by atoms with E-state index in [1.54, 1.807) is 11.3 Å². The topological polar surface area (TPSA) is 12.9 Å². The van der Waals surface area contributed by atoms with Crippen molar-refractivity contribution < 1.29 is 0 Å². The molecule has 31 heavy (non-hydrogen) atoms. The predicted molar refractivity (Wildman–Crippen MR) is 134 cm³/mol. The molecule has 1 unspecified atom stereocenters. The maximum absolute atomic E-state index is 6.16. The van der Waals surface area contributed by atoms with Gasteiger partial charge in [-0.1, -0.05) is 72.3 Å². The van der Waals surface area contributed by atoms with Crippen molar-refractivity contribution in [3.8, 4) is 0 Å². The first-order valence-electron chi connectivity index (χ1n) is 10.2. The second kappa shape index (κ2) is 8.89. The number of aromatic nitrogens is 1. The normalized spacial score (nSPS) is 12.4. The number of hydrogen-bond acceptors (Lipinski definition) is 2. The lowest BCUT2D eigenvalue weighted by atomic mass is 9.85. The van der Waals surface area contributed by atoms with Gasteiger partial charge in [-0.15, -0.1) is 0 Å². The average Bonchev–Trinajstić information content (AvgIpc) is 3.34. The third kappa shape index (κ3) is 4.32. The summed E-state index contributed by atoms with van der Waals surface area (Å²) in [5, 5.41) is 6.27. The van der Waals surface area contributed by atoms with Gasteiger partial charge in [-0.25, -0.2) is 0 Å². The van der Waals surface area contributed by atoms with E-state index in [1.807, 2.05) is 24.4 Å². The highest BCUT2D eigenvalue weighted by Crippen LogP contribution is 2.35. The van der Waals surface area contributed by atoms with Crippen LogP contribution in [0, 0.1) is 0 Å². The maximum Gasteiger partial charge on any atom is 0.0708 e. The summed E-state index contributed by atoms with van der Waals surface area (Å²) in [6.07, 6.45) is 6.20. The van der Waals surface area contributed by atoms with Crippen molar-refractivity contribution in [1.82, 2.24) is 4.98 Å². The molecule has 0 aliphatic heterocycles. The first-order chi connectivity index (χ1) is 15.3. The molecule has 0 N–H and O–H groups in total. The smallest absolute Gasteiger partial charge is 0.0708 e. The summed E-state index contributed by atoms with van der Waals surface area (Å²) in [6, 6.07) is 29.4. The summed E-state index contributed by atoms with van der Waals surface area (Å²) in [6.45, 7) is 0. The largest absolute Gasteiger partial charge is 0.256 e. The van der Waals surface area contributed by atoms with Crippen molar-refractivity contribution in [1.29, 1.82) is 0 Å². The molecule has 150 valence electrons. The van der Waals surface area contributed by atoms with Gasteiger partial charge in [-0.3, -0.25) is 4.98 Å². The molecule has 0 spiro atoms. The molecular formula is C28H20ClNS. The van der Waals surface area contributed by atoms with E-state index in [0.717, 1.165) is 21.5 Å². The maximum atomic E-state index is 6.16. The molecule has 3 aromatic carbocycles. The van der Waals surface area contributed by atoms with Gasteiger partial charge in [0.1, 0.15) is 0 Å². The Bertz CT molecular complexity index is 1320. The van der Waals surface area contributed by atoms with E-state index < -0.39 is 0 Å². The van der Waals surface area contributed by atoms with Crippen molar-refractivity contribution in [3.63, 3.8) is 0 Å². The van der Waals surface area contributed by atoms with E-state index in [-0.39, 0.29) is 5.92 Å². The molecule has 0 aliphatic rings. The number of pyridine rings is 1. The first-order valence-corrected chi connectivity index (χ1v) is 11.5. The van der Waals surface area contributed by atoms with E-state index in [1.165, 1.54) is 22.3 Å². The molecule has 2 heterocycles. The van der Waals surface area contributed by atoms with Gasteiger partial charge in [0.2, 0.25) is 0 Å². The molecule has 2 aromatic heterocycles. The lowest BCUT2D eigenvalue weighted by Crippen LogP contribution is -2.02. The van der Waals surface area contributed by atoms with E-state index in [4.69, 9.17) is 11.6 Å². The van der Waals surface area contributed by atoms with Crippen molar-refractivity contribution in [2.75, 3.05) is 0 Å². The molecule has 0 bridgehead atoms. The van der Waals surface area contributed by atoms with E-state index in [9.17, 15) is 0 Å². The summed E-state index contributed by atoms with van der Waals surface area (Å²) in [4.78, 5) is 4.60. The van der Waals surface area contributed by atoms with E-state index in [0.29, 0.717) is 0 Å². The van der Waals surface area contributed by atoms with Gasteiger partial charge < -0.3 is 0 Å². The monoisotopic (exact) mass is 437 g/mol. The predicted octanol–water partition coefficient (Wildman–Crippen LogP) is 8.30. The number of nitrogens with zero attached hydrogens (tertiary/aromatic N) is 1. The zero-order valence-electron chi connectivity index (χ0n) is 16.8. The number of hydrogen-bond donors (Lipinski definition) is 0. The molecule has 0 saturated heterocycles. The lowest BCUT2D eigenvalue weighted by Gasteiger charge is -2.18. The minimum absolute atomic E-state index is 0.152.